The summed E-state index contributed by atoms with van der Waals surface area (Å²) in [5, 5.41) is 0. The van der Waals surface area contributed by atoms with Gasteiger partial charge in [-0.3, -0.25) is 0 Å². The number of imidazole rings is 1. The summed E-state index contributed by atoms with van der Waals surface area (Å²) in [7, 11) is 0. The van der Waals surface area contributed by atoms with Gasteiger partial charge < -0.3 is 15.2 Å². The molecule has 1 fully saturated rings. The number of piperidine rings is 1. The van der Waals surface area contributed by atoms with Crippen LogP contribution in [-0.4, -0.2) is 43.6 Å². The Hall–Kier alpha value is -1.69. The van der Waals surface area contributed by atoms with Gasteiger partial charge in [0, 0.05) is 19.1 Å². The topological polar surface area (TPSA) is 72.9 Å². The molecule has 6 heteroatoms. The van der Waals surface area contributed by atoms with E-state index in [1.54, 1.807) is 0 Å². The average Bonchev–Trinajstić information content (AvgIpc) is 2.86. The van der Waals surface area contributed by atoms with E-state index < -0.39 is 0 Å². The molecule has 108 valence electrons. The van der Waals surface area contributed by atoms with Gasteiger partial charge in [0.1, 0.15) is 11.8 Å². The van der Waals surface area contributed by atoms with E-state index >= 15 is 0 Å². The molecule has 0 amide bonds. The number of anilines is 1. The van der Waals surface area contributed by atoms with Crippen molar-refractivity contribution in [3.05, 3.63) is 12.7 Å². The molecular formula is C14H22N6. The maximum Gasteiger partial charge on any atom is 0.165 e. The largest absolute Gasteiger partial charge is 0.382 e. The van der Waals surface area contributed by atoms with Gasteiger partial charge >= 0.3 is 0 Å². The number of nitrogen functional groups attached to an aromatic ring is 1. The molecule has 0 aromatic carbocycles. The summed E-state index contributed by atoms with van der Waals surface area (Å²) in [4.78, 5) is 15.1. The van der Waals surface area contributed by atoms with Gasteiger partial charge in [0.25, 0.3) is 0 Å². The second kappa shape index (κ2) is 5.75. The predicted octanol–water partition coefficient (Wildman–Crippen LogP) is 1.67. The normalized spacial score (nSPS) is 20.6. The van der Waals surface area contributed by atoms with E-state index in [0.29, 0.717) is 11.3 Å². The van der Waals surface area contributed by atoms with E-state index in [4.69, 9.17) is 5.73 Å². The Labute approximate surface area is 119 Å². The SMILES string of the molecule is CC1CCCCN1CCCn1cnc2c(N)ncnc21. The first-order valence-corrected chi connectivity index (χ1v) is 7.41. The van der Waals surface area contributed by atoms with Crippen LogP contribution in [0.4, 0.5) is 5.82 Å². The Morgan fingerprint density at radius 2 is 2.15 bits per heavy atom. The Morgan fingerprint density at radius 1 is 1.25 bits per heavy atom. The molecule has 3 rings (SSSR count). The summed E-state index contributed by atoms with van der Waals surface area (Å²) in [6, 6.07) is 0.723. The Kier molecular flexibility index (Phi) is 3.82. The highest BCUT2D eigenvalue weighted by atomic mass is 15.2. The van der Waals surface area contributed by atoms with Gasteiger partial charge in [-0.25, -0.2) is 15.0 Å². The standard InChI is InChI=1S/C14H22N6/c1-11-5-2-3-6-19(11)7-4-8-20-10-18-12-13(15)16-9-17-14(12)20/h9-11H,2-8H2,1H3,(H2,15,16,17). The zero-order chi connectivity index (χ0) is 13.9. The number of aromatic nitrogens is 4. The fourth-order valence-electron chi connectivity index (χ4n) is 3.00. The van der Waals surface area contributed by atoms with Crippen LogP contribution in [-0.2, 0) is 6.54 Å². The Bertz CT molecular complexity index is 578. The second-order valence-electron chi connectivity index (χ2n) is 5.60. The summed E-state index contributed by atoms with van der Waals surface area (Å²) in [5.41, 5.74) is 7.34. The van der Waals surface area contributed by atoms with E-state index in [1.807, 2.05) is 6.33 Å². The summed E-state index contributed by atoms with van der Waals surface area (Å²) >= 11 is 0. The number of rotatable bonds is 4. The highest BCUT2D eigenvalue weighted by molar-refractivity contribution is 5.80. The van der Waals surface area contributed by atoms with E-state index in [0.717, 1.165) is 31.2 Å². The molecule has 2 N–H and O–H groups in total. The first kappa shape index (κ1) is 13.3. The number of hydrogen-bond donors (Lipinski definition) is 1. The third-order valence-electron chi connectivity index (χ3n) is 4.21. The fraction of sp³-hybridized carbons (Fsp3) is 0.643. The van der Waals surface area contributed by atoms with Gasteiger partial charge in [-0.1, -0.05) is 6.42 Å². The third kappa shape index (κ3) is 2.60. The smallest absolute Gasteiger partial charge is 0.165 e. The van der Waals surface area contributed by atoms with Crippen molar-refractivity contribution < 1.29 is 0 Å². The molecule has 2 aromatic heterocycles. The van der Waals surface area contributed by atoms with Crippen LogP contribution in [0.3, 0.4) is 0 Å². The van der Waals surface area contributed by atoms with E-state index in [1.165, 1.54) is 32.1 Å². The first-order chi connectivity index (χ1) is 9.75. The van der Waals surface area contributed by atoms with Gasteiger partial charge in [-0.15, -0.1) is 0 Å². The van der Waals surface area contributed by atoms with Crippen LogP contribution in [0.25, 0.3) is 11.2 Å². The van der Waals surface area contributed by atoms with Crippen LogP contribution in [0.1, 0.15) is 32.6 Å². The lowest BCUT2D eigenvalue weighted by molar-refractivity contribution is 0.157. The van der Waals surface area contributed by atoms with Gasteiger partial charge in [0.05, 0.1) is 6.33 Å². The molecule has 0 saturated carbocycles. The van der Waals surface area contributed by atoms with Gasteiger partial charge in [-0.05, 0) is 32.7 Å². The Balaban J connectivity index is 1.61. The fourth-order valence-corrected chi connectivity index (χ4v) is 3.00. The highest BCUT2D eigenvalue weighted by Crippen LogP contribution is 2.17. The van der Waals surface area contributed by atoms with Crippen LogP contribution in [0.15, 0.2) is 12.7 Å². The Morgan fingerprint density at radius 3 is 3.00 bits per heavy atom. The van der Waals surface area contributed by atoms with E-state index in [2.05, 4.69) is 31.3 Å². The van der Waals surface area contributed by atoms with E-state index in [9.17, 15) is 0 Å². The lowest BCUT2D eigenvalue weighted by Crippen LogP contribution is -2.38. The number of likely N-dealkylation sites (tertiary alicyclic amines) is 1. The second-order valence-corrected chi connectivity index (χ2v) is 5.60. The van der Waals surface area contributed by atoms with Crippen LogP contribution < -0.4 is 5.73 Å². The van der Waals surface area contributed by atoms with Crippen molar-refractivity contribution in [1.82, 2.24) is 24.4 Å². The molecule has 0 bridgehead atoms. The lowest BCUT2D eigenvalue weighted by Gasteiger charge is -2.33. The quantitative estimate of drug-likeness (QED) is 0.918. The molecule has 1 saturated heterocycles. The minimum atomic E-state index is 0.457. The molecule has 6 nitrogen and oxygen atoms in total. The first-order valence-electron chi connectivity index (χ1n) is 7.41. The molecule has 1 aliphatic heterocycles. The van der Waals surface area contributed by atoms with Crippen molar-refractivity contribution in [2.45, 2.75) is 45.2 Å². The van der Waals surface area contributed by atoms with Gasteiger partial charge in [0.15, 0.2) is 11.5 Å². The number of nitrogens with zero attached hydrogens (tertiary/aromatic N) is 5. The van der Waals surface area contributed by atoms with Crippen molar-refractivity contribution in [3.8, 4) is 0 Å². The minimum absolute atomic E-state index is 0.457. The number of aryl methyl sites for hydroxylation is 1. The van der Waals surface area contributed by atoms with Crippen LogP contribution >= 0.6 is 0 Å². The molecule has 1 aliphatic rings. The monoisotopic (exact) mass is 274 g/mol. The van der Waals surface area contributed by atoms with Gasteiger partial charge in [0.2, 0.25) is 0 Å². The maximum atomic E-state index is 5.80. The van der Waals surface area contributed by atoms with Crippen molar-refractivity contribution in [1.29, 1.82) is 0 Å². The van der Waals surface area contributed by atoms with Crippen LogP contribution in [0.5, 0.6) is 0 Å². The molecule has 0 aliphatic carbocycles. The summed E-state index contributed by atoms with van der Waals surface area (Å²) in [5.74, 6) is 0.457. The molecule has 1 atom stereocenters. The zero-order valence-electron chi connectivity index (χ0n) is 12.0. The lowest BCUT2D eigenvalue weighted by atomic mass is 10.0. The molecule has 3 heterocycles. The third-order valence-corrected chi connectivity index (χ3v) is 4.21. The van der Waals surface area contributed by atoms with Gasteiger partial charge in [-0.2, -0.15) is 0 Å². The molecule has 1 unspecified atom stereocenters. The summed E-state index contributed by atoms with van der Waals surface area (Å²) in [6.45, 7) is 5.64. The molecule has 0 radical (unpaired) electrons. The zero-order valence-corrected chi connectivity index (χ0v) is 12.0. The molecule has 2 aromatic rings. The van der Waals surface area contributed by atoms with Crippen LogP contribution in [0, 0.1) is 0 Å². The molecule has 0 spiro atoms. The predicted molar refractivity (Wildman–Crippen MR) is 79.2 cm³/mol. The number of hydrogen-bond acceptors (Lipinski definition) is 5. The summed E-state index contributed by atoms with van der Waals surface area (Å²) in [6.07, 6.45) is 8.47. The van der Waals surface area contributed by atoms with E-state index in [-0.39, 0.29) is 0 Å². The molecular weight excluding hydrogens is 252 g/mol. The highest BCUT2D eigenvalue weighted by Gasteiger charge is 2.17. The van der Waals surface area contributed by atoms with Crippen molar-refractivity contribution in [2.75, 3.05) is 18.8 Å². The number of nitrogens with two attached hydrogens (primary N) is 1. The minimum Gasteiger partial charge on any atom is -0.382 e. The van der Waals surface area contributed by atoms with Crippen molar-refractivity contribution >= 4 is 17.0 Å². The average molecular weight is 274 g/mol. The summed E-state index contributed by atoms with van der Waals surface area (Å²) < 4.78 is 2.07. The maximum absolute atomic E-state index is 5.80. The number of fused-ring (bicyclic) bond motifs is 1. The van der Waals surface area contributed by atoms with Crippen molar-refractivity contribution in [2.24, 2.45) is 0 Å². The van der Waals surface area contributed by atoms with Crippen LogP contribution in [0.2, 0.25) is 0 Å². The molecule has 20 heavy (non-hydrogen) atoms. The van der Waals surface area contributed by atoms with Crippen molar-refractivity contribution in [3.63, 3.8) is 0 Å².